The summed E-state index contributed by atoms with van der Waals surface area (Å²) in [5.74, 6) is 1.55. The SMILES string of the molecule is CC[C@H](C)N(CC(=O)N1CCc2sccc2[C@H]1COc1ccccc1OC)C(=O)C1CC1. The molecule has 32 heavy (non-hydrogen) atoms. The highest BCUT2D eigenvalue weighted by molar-refractivity contribution is 7.10. The Labute approximate surface area is 194 Å². The number of amides is 2. The maximum atomic E-state index is 13.5. The predicted octanol–water partition coefficient (Wildman–Crippen LogP) is 4.30. The van der Waals surface area contributed by atoms with Crippen LogP contribution in [0.5, 0.6) is 11.5 Å². The van der Waals surface area contributed by atoms with Crippen LogP contribution in [0.25, 0.3) is 0 Å². The molecule has 7 heteroatoms. The van der Waals surface area contributed by atoms with Crippen molar-refractivity contribution in [3.05, 3.63) is 46.2 Å². The van der Waals surface area contributed by atoms with E-state index >= 15 is 0 Å². The smallest absolute Gasteiger partial charge is 0.242 e. The van der Waals surface area contributed by atoms with Gasteiger partial charge in [0.2, 0.25) is 11.8 Å². The quantitative estimate of drug-likeness (QED) is 0.565. The lowest BCUT2D eigenvalue weighted by Crippen LogP contribution is -2.50. The van der Waals surface area contributed by atoms with E-state index in [1.807, 2.05) is 36.1 Å². The summed E-state index contributed by atoms with van der Waals surface area (Å²) < 4.78 is 11.6. The Morgan fingerprint density at radius 2 is 1.97 bits per heavy atom. The monoisotopic (exact) mass is 456 g/mol. The van der Waals surface area contributed by atoms with Crippen LogP contribution in [0.4, 0.5) is 0 Å². The maximum Gasteiger partial charge on any atom is 0.242 e. The molecule has 0 bridgehead atoms. The van der Waals surface area contributed by atoms with Gasteiger partial charge in [-0.25, -0.2) is 0 Å². The van der Waals surface area contributed by atoms with Gasteiger partial charge in [0.1, 0.15) is 13.2 Å². The molecule has 4 rings (SSSR count). The molecule has 6 nitrogen and oxygen atoms in total. The van der Waals surface area contributed by atoms with Crippen molar-refractivity contribution in [1.82, 2.24) is 9.80 Å². The zero-order valence-corrected chi connectivity index (χ0v) is 19.9. The van der Waals surface area contributed by atoms with E-state index in [9.17, 15) is 9.59 Å². The zero-order chi connectivity index (χ0) is 22.7. The van der Waals surface area contributed by atoms with Crippen molar-refractivity contribution in [3.63, 3.8) is 0 Å². The van der Waals surface area contributed by atoms with Crippen molar-refractivity contribution in [2.24, 2.45) is 5.92 Å². The lowest BCUT2D eigenvalue weighted by molar-refractivity contribution is -0.145. The molecule has 0 saturated heterocycles. The number of ether oxygens (including phenoxy) is 2. The highest BCUT2D eigenvalue weighted by Gasteiger charge is 2.38. The molecule has 2 amide bonds. The van der Waals surface area contributed by atoms with Gasteiger partial charge in [-0.2, -0.15) is 0 Å². The van der Waals surface area contributed by atoms with E-state index in [1.165, 1.54) is 4.88 Å². The number of nitrogens with zero attached hydrogens (tertiary/aromatic N) is 2. The summed E-state index contributed by atoms with van der Waals surface area (Å²) in [6.07, 6.45) is 3.55. The van der Waals surface area contributed by atoms with Gasteiger partial charge in [0, 0.05) is 23.4 Å². The number of para-hydroxylation sites is 2. The predicted molar refractivity (Wildman–Crippen MR) is 125 cm³/mol. The van der Waals surface area contributed by atoms with Gasteiger partial charge in [0.05, 0.1) is 13.2 Å². The van der Waals surface area contributed by atoms with Crippen LogP contribution in [0, 0.1) is 5.92 Å². The minimum Gasteiger partial charge on any atom is -0.493 e. The third-order valence-corrected chi connectivity index (χ3v) is 7.52. The second-order valence-corrected chi connectivity index (χ2v) is 9.61. The molecule has 0 radical (unpaired) electrons. The summed E-state index contributed by atoms with van der Waals surface area (Å²) >= 11 is 1.73. The van der Waals surface area contributed by atoms with Gasteiger partial charge in [0.25, 0.3) is 0 Å². The fourth-order valence-corrected chi connectivity index (χ4v) is 5.18. The second kappa shape index (κ2) is 9.94. The first-order valence-electron chi connectivity index (χ1n) is 11.5. The normalized spacial score (nSPS) is 18.6. The first-order valence-corrected chi connectivity index (χ1v) is 12.3. The molecule has 2 aliphatic rings. The largest absolute Gasteiger partial charge is 0.493 e. The molecule has 0 spiro atoms. The highest BCUT2D eigenvalue weighted by atomic mass is 32.1. The fourth-order valence-electron chi connectivity index (χ4n) is 4.25. The van der Waals surface area contributed by atoms with Crippen LogP contribution in [0.1, 0.15) is 49.6 Å². The third-order valence-electron chi connectivity index (χ3n) is 6.52. The molecule has 2 heterocycles. The molecule has 1 aromatic heterocycles. The Morgan fingerprint density at radius 3 is 2.66 bits per heavy atom. The molecular weight excluding hydrogens is 424 g/mol. The number of thiophene rings is 1. The van der Waals surface area contributed by atoms with Crippen LogP contribution in [0.3, 0.4) is 0 Å². The third kappa shape index (κ3) is 4.77. The Bertz CT molecular complexity index is 955. The molecule has 1 aliphatic heterocycles. The summed E-state index contributed by atoms with van der Waals surface area (Å²) in [6.45, 7) is 5.21. The van der Waals surface area contributed by atoms with Crippen molar-refractivity contribution in [1.29, 1.82) is 0 Å². The summed E-state index contributed by atoms with van der Waals surface area (Å²) in [7, 11) is 1.62. The van der Waals surface area contributed by atoms with E-state index in [0.717, 1.165) is 31.2 Å². The second-order valence-electron chi connectivity index (χ2n) is 8.61. The number of benzene rings is 1. The summed E-state index contributed by atoms with van der Waals surface area (Å²) in [6, 6.07) is 9.51. The van der Waals surface area contributed by atoms with E-state index in [2.05, 4.69) is 18.4 Å². The molecule has 2 atom stereocenters. The first-order chi connectivity index (χ1) is 15.5. The number of rotatable bonds is 9. The van der Waals surface area contributed by atoms with Gasteiger partial charge in [-0.1, -0.05) is 19.1 Å². The Balaban J connectivity index is 1.53. The van der Waals surface area contributed by atoms with E-state index in [4.69, 9.17) is 9.47 Å². The fraction of sp³-hybridized carbons (Fsp3) is 0.520. The Morgan fingerprint density at radius 1 is 1.22 bits per heavy atom. The van der Waals surface area contributed by atoms with Gasteiger partial charge in [-0.3, -0.25) is 9.59 Å². The molecule has 0 N–H and O–H groups in total. The lowest BCUT2D eigenvalue weighted by Gasteiger charge is -2.38. The van der Waals surface area contributed by atoms with Crippen molar-refractivity contribution in [3.8, 4) is 11.5 Å². The molecular formula is C25H32N2O4S. The first kappa shape index (κ1) is 22.6. The van der Waals surface area contributed by atoms with E-state index < -0.39 is 0 Å². The number of hydrogen-bond acceptors (Lipinski definition) is 5. The average Bonchev–Trinajstić information content (AvgIpc) is 3.56. The number of fused-ring (bicyclic) bond motifs is 1. The van der Waals surface area contributed by atoms with Crippen LogP contribution in [0.2, 0.25) is 0 Å². The van der Waals surface area contributed by atoms with E-state index in [-0.39, 0.29) is 36.4 Å². The van der Waals surface area contributed by atoms with Crippen molar-refractivity contribution >= 4 is 23.2 Å². The highest BCUT2D eigenvalue weighted by Crippen LogP contribution is 2.36. The summed E-state index contributed by atoms with van der Waals surface area (Å²) in [4.78, 5) is 31.4. The van der Waals surface area contributed by atoms with Gasteiger partial charge >= 0.3 is 0 Å². The molecule has 1 aliphatic carbocycles. The van der Waals surface area contributed by atoms with Crippen molar-refractivity contribution < 1.29 is 19.1 Å². The zero-order valence-electron chi connectivity index (χ0n) is 19.1. The lowest BCUT2D eigenvalue weighted by atomic mass is 10.00. The molecule has 0 unspecified atom stereocenters. The standard InChI is InChI=1S/C25H32N2O4S/c1-4-17(2)27(25(29)18-9-10-18)15-24(28)26-13-11-23-19(12-14-32-23)20(26)16-31-22-8-6-5-7-21(22)30-3/h5-8,12,14,17-18,20H,4,9-11,13,15-16H2,1-3H3/t17-,20+/m0/s1. The molecule has 1 fully saturated rings. The van der Waals surface area contributed by atoms with Crippen LogP contribution in [-0.2, 0) is 16.0 Å². The Kier molecular flexibility index (Phi) is 7.04. The molecule has 2 aromatic rings. The van der Waals surface area contributed by atoms with Crippen LogP contribution >= 0.6 is 11.3 Å². The van der Waals surface area contributed by atoms with Gasteiger partial charge in [-0.15, -0.1) is 11.3 Å². The topological polar surface area (TPSA) is 59.1 Å². The van der Waals surface area contributed by atoms with Crippen molar-refractivity contribution in [2.45, 2.75) is 51.6 Å². The van der Waals surface area contributed by atoms with E-state index in [1.54, 1.807) is 23.3 Å². The molecule has 1 saturated carbocycles. The summed E-state index contributed by atoms with van der Waals surface area (Å²) in [5.41, 5.74) is 1.15. The molecule has 172 valence electrons. The van der Waals surface area contributed by atoms with Crippen molar-refractivity contribution in [2.75, 3.05) is 26.8 Å². The molecule has 1 aromatic carbocycles. The Hall–Kier alpha value is -2.54. The van der Waals surface area contributed by atoms with Gasteiger partial charge < -0.3 is 19.3 Å². The number of methoxy groups -OCH3 is 1. The number of carbonyl (C=O) groups excluding carboxylic acids is 2. The van der Waals surface area contributed by atoms with Crippen LogP contribution in [0.15, 0.2) is 35.7 Å². The van der Waals surface area contributed by atoms with E-state index in [0.29, 0.717) is 24.7 Å². The average molecular weight is 457 g/mol. The van der Waals surface area contributed by atoms with Crippen LogP contribution < -0.4 is 9.47 Å². The van der Waals surface area contributed by atoms with Crippen LogP contribution in [-0.4, -0.2) is 54.5 Å². The maximum absolute atomic E-state index is 13.5. The number of hydrogen-bond donors (Lipinski definition) is 0. The minimum absolute atomic E-state index is 0.00947. The van der Waals surface area contributed by atoms with Gasteiger partial charge in [0.15, 0.2) is 11.5 Å². The summed E-state index contributed by atoms with van der Waals surface area (Å²) in [5, 5.41) is 2.08. The van der Waals surface area contributed by atoms with Gasteiger partial charge in [-0.05, 0) is 61.7 Å². The number of carbonyl (C=O) groups is 2. The minimum atomic E-state index is -0.183.